The number of hydrogen-bond donors (Lipinski definition) is 3. The van der Waals surface area contributed by atoms with Gasteiger partial charge in [-0.3, -0.25) is 4.79 Å². The quantitative estimate of drug-likeness (QED) is 0.0906. The van der Waals surface area contributed by atoms with E-state index in [2.05, 4.69) is 0 Å². The van der Waals surface area contributed by atoms with Gasteiger partial charge in [0.15, 0.2) is 18.0 Å². The number of aryl methyl sites for hydroxylation is 2. The zero-order valence-corrected chi connectivity index (χ0v) is 28.5. The topological polar surface area (TPSA) is 167 Å². The Kier molecular flexibility index (Phi) is 10.0. The molecule has 2 aromatic heterocycles. The summed E-state index contributed by atoms with van der Waals surface area (Å²) < 4.78 is 30.8. The summed E-state index contributed by atoms with van der Waals surface area (Å²) in [5, 5.41) is 32.9. The molecule has 3 N–H and O–H groups in total. The van der Waals surface area contributed by atoms with Gasteiger partial charge in [0.05, 0.1) is 16.6 Å². The lowest BCUT2D eigenvalue weighted by molar-refractivity contribution is -0.305. The summed E-state index contributed by atoms with van der Waals surface area (Å²) in [5.41, 5.74) is 0.263. The number of allylic oxidation sites excluding steroid dienone is 2. The molecular formula is C37H41NO11. The van der Waals surface area contributed by atoms with Crippen LogP contribution in [0.3, 0.4) is 0 Å². The van der Waals surface area contributed by atoms with Gasteiger partial charge in [-0.1, -0.05) is 11.6 Å². The number of aliphatic hydroxyl groups is 1. The third-order valence-electron chi connectivity index (χ3n) is 8.72. The standard InChI is InChI=1S/C37H41NO11/c1-19(2)10-11-21-17-22(12-14-26(21)39)27(40)18-24-29(41)23-13-15-28(20(3)31(23)47-34(24)43)46-36-30(42)32(33(45-7)37(4,5)49-36)48-35(44)25-9-8-16-38(25)6/h8-10,12-17,30,32-33,36,39,41-42H,11,18H2,1-7H3/t30-,32+,33-,36-/m1/s1. The largest absolute Gasteiger partial charge is 0.508 e. The molecule has 3 heterocycles. The third-order valence-corrected chi connectivity index (χ3v) is 8.72. The van der Waals surface area contributed by atoms with E-state index in [4.69, 9.17) is 23.4 Å². The summed E-state index contributed by atoms with van der Waals surface area (Å²) in [6.07, 6.45) is -1.26. The molecule has 5 rings (SSSR count). The van der Waals surface area contributed by atoms with Crippen LogP contribution in [0.25, 0.3) is 11.0 Å². The lowest BCUT2D eigenvalue weighted by atomic mass is 9.89. The predicted octanol–water partition coefficient (Wildman–Crippen LogP) is 4.90. The molecule has 0 radical (unpaired) electrons. The SMILES string of the molecule is CO[C@@H]1[C@@H](OC(=O)c2cccn2C)[C@@H](O)[C@H](Oc2ccc3c(O)c(CC(=O)c4ccc(O)c(CC=C(C)C)c4)c(=O)oc3c2C)OC1(C)C. The highest BCUT2D eigenvalue weighted by atomic mass is 16.7. The number of carbonyl (C=O) groups excluding carboxylic acids is 2. The Bertz CT molecular complexity index is 1980. The second kappa shape index (κ2) is 13.9. The van der Waals surface area contributed by atoms with Crippen LogP contribution < -0.4 is 10.4 Å². The van der Waals surface area contributed by atoms with Gasteiger partial charge in [-0.05, 0) is 89.1 Å². The lowest BCUT2D eigenvalue weighted by Crippen LogP contribution is -2.65. The summed E-state index contributed by atoms with van der Waals surface area (Å²) in [6.45, 7) is 8.87. The first kappa shape index (κ1) is 35.4. The minimum absolute atomic E-state index is 0.0101. The van der Waals surface area contributed by atoms with Crippen molar-refractivity contribution in [2.45, 2.75) is 77.7 Å². The number of fused-ring (bicyclic) bond motifs is 1. The van der Waals surface area contributed by atoms with E-state index in [0.29, 0.717) is 17.5 Å². The molecule has 49 heavy (non-hydrogen) atoms. The van der Waals surface area contributed by atoms with Crippen LogP contribution in [0.1, 0.15) is 65.2 Å². The average Bonchev–Trinajstić information content (AvgIpc) is 3.48. The van der Waals surface area contributed by atoms with Gasteiger partial charge in [-0.2, -0.15) is 0 Å². The van der Waals surface area contributed by atoms with E-state index in [1.165, 1.54) is 31.4 Å². The minimum Gasteiger partial charge on any atom is -0.508 e. The molecule has 4 atom stereocenters. The summed E-state index contributed by atoms with van der Waals surface area (Å²) in [5.74, 6) is -1.32. The summed E-state index contributed by atoms with van der Waals surface area (Å²) in [6, 6.07) is 10.7. The van der Waals surface area contributed by atoms with Crippen molar-refractivity contribution in [3.63, 3.8) is 0 Å². The van der Waals surface area contributed by atoms with Gasteiger partial charge in [-0.25, -0.2) is 9.59 Å². The minimum atomic E-state index is -1.49. The highest BCUT2D eigenvalue weighted by Crippen LogP contribution is 2.38. The number of esters is 1. The molecule has 1 aliphatic rings. The number of ketones is 1. The van der Waals surface area contributed by atoms with Gasteiger partial charge in [-0.15, -0.1) is 0 Å². The molecule has 4 aromatic rings. The number of rotatable bonds is 10. The van der Waals surface area contributed by atoms with Gasteiger partial charge < -0.3 is 43.3 Å². The average molecular weight is 676 g/mol. The number of nitrogens with zero attached hydrogens (tertiary/aromatic N) is 1. The molecule has 0 amide bonds. The van der Waals surface area contributed by atoms with Crippen LogP contribution in [0.4, 0.5) is 0 Å². The summed E-state index contributed by atoms with van der Waals surface area (Å²) in [4.78, 5) is 39.4. The van der Waals surface area contributed by atoms with Crippen molar-refractivity contribution in [1.82, 2.24) is 4.57 Å². The summed E-state index contributed by atoms with van der Waals surface area (Å²) in [7, 11) is 3.11. The molecule has 0 unspecified atom stereocenters. The smallest absolute Gasteiger partial charge is 0.355 e. The fourth-order valence-corrected chi connectivity index (χ4v) is 5.98. The molecule has 1 fully saturated rings. The number of phenolic OH excluding ortho intramolecular Hbond substituents is 1. The van der Waals surface area contributed by atoms with Crippen LogP contribution in [-0.4, -0.2) is 69.0 Å². The molecule has 2 aromatic carbocycles. The number of phenols is 1. The number of benzene rings is 2. The maximum atomic E-state index is 13.2. The number of aromatic nitrogens is 1. The van der Waals surface area contributed by atoms with Crippen molar-refractivity contribution in [2.24, 2.45) is 7.05 Å². The molecule has 0 spiro atoms. The van der Waals surface area contributed by atoms with E-state index in [1.54, 1.807) is 56.8 Å². The highest BCUT2D eigenvalue weighted by molar-refractivity contribution is 5.99. The van der Waals surface area contributed by atoms with Crippen LogP contribution in [0.2, 0.25) is 0 Å². The molecule has 0 bridgehead atoms. The fourth-order valence-electron chi connectivity index (χ4n) is 5.98. The molecule has 0 saturated carbocycles. The molecule has 260 valence electrons. The van der Waals surface area contributed by atoms with E-state index in [-0.39, 0.29) is 39.3 Å². The van der Waals surface area contributed by atoms with Crippen LogP contribution >= 0.6 is 0 Å². The van der Waals surface area contributed by atoms with Crippen molar-refractivity contribution in [1.29, 1.82) is 0 Å². The van der Waals surface area contributed by atoms with Gasteiger partial charge in [0, 0.05) is 37.9 Å². The van der Waals surface area contributed by atoms with Gasteiger partial charge in [0.2, 0.25) is 6.29 Å². The van der Waals surface area contributed by atoms with Crippen molar-refractivity contribution in [2.75, 3.05) is 7.11 Å². The number of aromatic hydroxyl groups is 2. The zero-order chi connectivity index (χ0) is 35.8. The Labute approximate surface area is 283 Å². The Morgan fingerprint density at radius 3 is 2.49 bits per heavy atom. The van der Waals surface area contributed by atoms with Crippen LogP contribution in [0, 0.1) is 6.92 Å². The first-order valence-corrected chi connectivity index (χ1v) is 15.8. The molecule has 1 saturated heterocycles. The van der Waals surface area contributed by atoms with E-state index in [9.17, 15) is 29.7 Å². The lowest BCUT2D eigenvalue weighted by Gasteiger charge is -2.47. The molecule has 1 aliphatic heterocycles. The number of carbonyl (C=O) groups is 2. The predicted molar refractivity (Wildman–Crippen MR) is 179 cm³/mol. The molecule has 0 aliphatic carbocycles. The van der Waals surface area contributed by atoms with E-state index < -0.39 is 59.8 Å². The second-order valence-corrected chi connectivity index (χ2v) is 12.9. The molecular weight excluding hydrogens is 634 g/mol. The fraction of sp³-hybridized carbons (Fsp3) is 0.378. The molecule has 12 heteroatoms. The Balaban J connectivity index is 1.41. The number of hydrogen-bond acceptors (Lipinski definition) is 11. The van der Waals surface area contributed by atoms with Gasteiger partial charge in [0.25, 0.3) is 0 Å². The first-order chi connectivity index (χ1) is 23.1. The normalized spacial score (nSPS) is 20.2. The van der Waals surface area contributed by atoms with Crippen molar-refractivity contribution >= 4 is 22.7 Å². The van der Waals surface area contributed by atoms with E-state index in [0.717, 1.165) is 5.57 Å². The molecule has 12 nitrogen and oxygen atoms in total. The third kappa shape index (κ3) is 7.12. The van der Waals surface area contributed by atoms with Gasteiger partial charge >= 0.3 is 11.6 Å². The van der Waals surface area contributed by atoms with Crippen LogP contribution in [0.15, 0.2) is 69.5 Å². The maximum Gasteiger partial charge on any atom is 0.355 e. The van der Waals surface area contributed by atoms with Crippen LogP contribution in [-0.2, 0) is 34.1 Å². The Hall–Kier alpha value is -4.91. The Morgan fingerprint density at radius 2 is 1.84 bits per heavy atom. The van der Waals surface area contributed by atoms with Crippen molar-refractivity contribution in [3.8, 4) is 17.2 Å². The van der Waals surface area contributed by atoms with Crippen molar-refractivity contribution < 1.29 is 48.3 Å². The first-order valence-electron chi connectivity index (χ1n) is 15.8. The highest BCUT2D eigenvalue weighted by Gasteiger charge is 2.53. The van der Waals surface area contributed by atoms with E-state index >= 15 is 0 Å². The van der Waals surface area contributed by atoms with Gasteiger partial charge in [0.1, 0.15) is 34.6 Å². The van der Waals surface area contributed by atoms with Crippen LogP contribution in [0.5, 0.6) is 17.2 Å². The maximum absolute atomic E-state index is 13.2. The second-order valence-electron chi connectivity index (χ2n) is 12.9. The zero-order valence-electron chi connectivity index (χ0n) is 28.5. The summed E-state index contributed by atoms with van der Waals surface area (Å²) >= 11 is 0. The Morgan fingerprint density at radius 1 is 1.10 bits per heavy atom. The van der Waals surface area contributed by atoms with Crippen molar-refractivity contribution in [3.05, 3.63) is 98.7 Å². The number of aliphatic hydroxyl groups excluding tert-OH is 1. The van der Waals surface area contributed by atoms with E-state index in [1.807, 2.05) is 19.9 Å². The number of ether oxygens (including phenoxy) is 4. The number of Topliss-reactive ketones (excluding diaryl/α,β-unsaturated/α-hetero) is 1. The number of methoxy groups -OCH3 is 1. The monoisotopic (exact) mass is 675 g/mol.